The van der Waals surface area contributed by atoms with Gasteiger partial charge in [-0.1, -0.05) is 6.07 Å². The van der Waals surface area contributed by atoms with Crippen LogP contribution in [0.5, 0.6) is 0 Å². The number of hydrogen-bond donors (Lipinski definition) is 1. The first-order valence-corrected chi connectivity index (χ1v) is 3.87. The fourth-order valence-corrected chi connectivity index (χ4v) is 1.02. The van der Waals surface area contributed by atoms with E-state index in [0.717, 1.165) is 6.07 Å². The molecule has 1 atom stereocenters. The van der Waals surface area contributed by atoms with Gasteiger partial charge in [0, 0.05) is 0 Å². The molecule has 0 fully saturated rings. The molecule has 14 heavy (non-hydrogen) atoms. The Kier molecular flexibility index (Phi) is 2.80. The van der Waals surface area contributed by atoms with E-state index in [1.54, 1.807) is 0 Å². The maximum atomic E-state index is 12.7. The Morgan fingerprint density at radius 1 is 1.29 bits per heavy atom. The SMILES string of the molecule is C[C@@H](O)c1ccc(F)c(C(F)(F)F)c1. The Morgan fingerprint density at radius 2 is 1.86 bits per heavy atom. The topological polar surface area (TPSA) is 20.2 Å². The smallest absolute Gasteiger partial charge is 0.389 e. The summed E-state index contributed by atoms with van der Waals surface area (Å²) < 4.78 is 49.2. The van der Waals surface area contributed by atoms with Gasteiger partial charge in [0.2, 0.25) is 0 Å². The maximum absolute atomic E-state index is 12.7. The van der Waals surface area contributed by atoms with Crippen LogP contribution in [0.4, 0.5) is 17.6 Å². The lowest BCUT2D eigenvalue weighted by atomic mass is 10.1. The average molecular weight is 208 g/mol. The molecule has 1 N–H and O–H groups in total. The second kappa shape index (κ2) is 3.57. The molecule has 0 aliphatic carbocycles. The molecule has 0 heterocycles. The maximum Gasteiger partial charge on any atom is 0.419 e. The van der Waals surface area contributed by atoms with Crippen LogP contribution in [-0.4, -0.2) is 5.11 Å². The highest BCUT2D eigenvalue weighted by Crippen LogP contribution is 2.32. The fourth-order valence-electron chi connectivity index (χ4n) is 1.02. The highest BCUT2D eigenvalue weighted by molar-refractivity contribution is 5.28. The quantitative estimate of drug-likeness (QED) is 0.703. The number of rotatable bonds is 1. The molecular formula is C9H8F4O. The van der Waals surface area contributed by atoms with E-state index in [1.807, 2.05) is 0 Å². The molecule has 0 aliphatic heterocycles. The van der Waals surface area contributed by atoms with Gasteiger partial charge >= 0.3 is 6.18 Å². The molecule has 0 spiro atoms. The van der Waals surface area contributed by atoms with Gasteiger partial charge in [-0.15, -0.1) is 0 Å². The minimum absolute atomic E-state index is 0.0405. The van der Waals surface area contributed by atoms with Gasteiger partial charge in [0.1, 0.15) is 5.82 Å². The van der Waals surface area contributed by atoms with Crippen molar-refractivity contribution >= 4 is 0 Å². The lowest BCUT2D eigenvalue weighted by Gasteiger charge is -2.11. The molecular weight excluding hydrogens is 200 g/mol. The molecule has 0 aromatic heterocycles. The minimum Gasteiger partial charge on any atom is -0.389 e. The zero-order valence-electron chi connectivity index (χ0n) is 7.27. The lowest BCUT2D eigenvalue weighted by Crippen LogP contribution is -2.09. The number of halogens is 4. The summed E-state index contributed by atoms with van der Waals surface area (Å²) in [5.41, 5.74) is -1.31. The van der Waals surface area contributed by atoms with Crippen LogP contribution in [-0.2, 0) is 6.18 Å². The highest BCUT2D eigenvalue weighted by atomic mass is 19.4. The van der Waals surface area contributed by atoms with Crippen LogP contribution >= 0.6 is 0 Å². The van der Waals surface area contributed by atoms with Crippen LogP contribution in [0.25, 0.3) is 0 Å². The average Bonchev–Trinajstić information content (AvgIpc) is 2.02. The lowest BCUT2D eigenvalue weighted by molar-refractivity contribution is -0.140. The summed E-state index contributed by atoms with van der Waals surface area (Å²) in [6.07, 6.45) is -5.77. The number of alkyl halides is 3. The van der Waals surface area contributed by atoms with E-state index in [1.165, 1.54) is 6.92 Å². The second-order valence-electron chi connectivity index (χ2n) is 2.91. The molecule has 0 aliphatic rings. The van der Waals surface area contributed by atoms with Crippen LogP contribution in [0.2, 0.25) is 0 Å². The number of aliphatic hydroxyl groups excluding tert-OH is 1. The van der Waals surface area contributed by atoms with E-state index in [9.17, 15) is 17.6 Å². The third-order valence-corrected chi connectivity index (χ3v) is 1.78. The number of benzene rings is 1. The molecule has 1 rings (SSSR count). The van der Waals surface area contributed by atoms with Gasteiger partial charge in [0.25, 0.3) is 0 Å². The van der Waals surface area contributed by atoms with Crippen molar-refractivity contribution in [3.05, 3.63) is 35.1 Å². The highest BCUT2D eigenvalue weighted by Gasteiger charge is 2.34. The summed E-state index contributed by atoms with van der Waals surface area (Å²) >= 11 is 0. The fraction of sp³-hybridized carbons (Fsp3) is 0.333. The van der Waals surface area contributed by atoms with E-state index in [4.69, 9.17) is 5.11 Å². The number of aliphatic hydroxyl groups is 1. The molecule has 0 bridgehead atoms. The van der Waals surface area contributed by atoms with Gasteiger partial charge in [-0.3, -0.25) is 0 Å². The van der Waals surface area contributed by atoms with E-state index in [2.05, 4.69) is 0 Å². The predicted octanol–water partition coefficient (Wildman–Crippen LogP) is 2.90. The van der Waals surface area contributed by atoms with Crippen LogP contribution in [0.15, 0.2) is 18.2 Å². The summed E-state index contributed by atoms with van der Waals surface area (Å²) in [6.45, 7) is 1.31. The molecule has 1 aromatic rings. The Morgan fingerprint density at radius 3 is 2.29 bits per heavy atom. The van der Waals surface area contributed by atoms with Gasteiger partial charge < -0.3 is 5.11 Å². The first-order valence-electron chi connectivity index (χ1n) is 3.87. The Bertz CT molecular complexity index is 330. The summed E-state index contributed by atoms with van der Waals surface area (Å²) in [4.78, 5) is 0. The van der Waals surface area contributed by atoms with E-state index >= 15 is 0 Å². The van der Waals surface area contributed by atoms with Gasteiger partial charge in [0.05, 0.1) is 11.7 Å². The number of hydrogen-bond acceptors (Lipinski definition) is 1. The Labute approximate surface area is 78.0 Å². The standard InChI is InChI=1S/C9H8F4O/c1-5(14)6-2-3-8(10)7(4-6)9(11,12)13/h2-5,14H,1H3/t5-/m1/s1. The van der Waals surface area contributed by atoms with E-state index < -0.39 is 23.7 Å². The van der Waals surface area contributed by atoms with Crippen molar-refractivity contribution in [3.8, 4) is 0 Å². The van der Waals surface area contributed by atoms with E-state index in [0.29, 0.717) is 12.1 Å². The molecule has 0 saturated carbocycles. The molecule has 1 aromatic carbocycles. The molecule has 0 radical (unpaired) electrons. The summed E-state index contributed by atoms with van der Waals surface area (Å²) in [6, 6.07) is 2.43. The van der Waals surface area contributed by atoms with Crippen molar-refractivity contribution in [1.82, 2.24) is 0 Å². The summed E-state index contributed by atoms with van der Waals surface area (Å²) in [5.74, 6) is -1.33. The van der Waals surface area contributed by atoms with Crippen molar-refractivity contribution in [1.29, 1.82) is 0 Å². The van der Waals surface area contributed by atoms with Gasteiger partial charge in [-0.05, 0) is 24.6 Å². The molecule has 5 heteroatoms. The van der Waals surface area contributed by atoms with Crippen molar-refractivity contribution in [2.75, 3.05) is 0 Å². The van der Waals surface area contributed by atoms with Gasteiger partial charge in [-0.25, -0.2) is 4.39 Å². The van der Waals surface area contributed by atoms with Gasteiger partial charge in [0.15, 0.2) is 0 Å². The summed E-state index contributed by atoms with van der Waals surface area (Å²) in [5, 5.41) is 9.01. The Hall–Kier alpha value is -1.10. The Balaban J connectivity index is 3.22. The van der Waals surface area contributed by atoms with Crippen molar-refractivity contribution in [2.24, 2.45) is 0 Å². The zero-order chi connectivity index (χ0) is 10.9. The van der Waals surface area contributed by atoms with Crippen LogP contribution in [0.1, 0.15) is 24.2 Å². The van der Waals surface area contributed by atoms with Crippen LogP contribution < -0.4 is 0 Å². The van der Waals surface area contributed by atoms with Crippen LogP contribution in [0, 0.1) is 5.82 Å². The molecule has 0 amide bonds. The minimum atomic E-state index is -4.73. The van der Waals surface area contributed by atoms with Crippen molar-refractivity contribution in [3.63, 3.8) is 0 Å². The van der Waals surface area contributed by atoms with Gasteiger partial charge in [-0.2, -0.15) is 13.2 Å². The third-order valence-electron chi connectivity index (χ3n) is 1.78. The largest absolute Gasteiger partial charge is 0.419 e. The van der Waals surface area contributed by atoms with Crippen molar-refractivity contribution < 1.29 is 22.7 Å². The molecule has 0 saturated heterocycles. The van der Waals surface area contributed by atoms with E-state index in [-0.39, 0.29) is 5.56 Å². The monoisotopic (exact) mass is 208 g/mol. The first kappa shape index (κ1) is 11.0. The molecule has 1 nitrogen and oxygen atoms in total. The second-order valence-corrected chi connectivity index (χ2v) is 2.91. The molecule has 78 valence electrons. The first-order chi connectivity index (χ1) is 6.32. The molecule has 0 unspecified atom stereocenters. The predicted molar refractivity (Wildman–Crippen MR) is 42.0 cm³/mol. The normalized spacial score (nSPS) is 14.1. The third kappa shape index (κ3) is 2.23. The van der Waals surface area contributed by atoms with Crippen molar-refractivity contribution in [2.45, 2.75) is 19.2 Å². The zero-order valence-corrected chi connectivity index (χ0v) is 7.27. The summed E-state index contributed by atoms with van der Waals surface area (Å²) in [7, 11) is 0. The van der Waals surface area contributed by atoms with Crippen LogP contribution in [0.3, 0.4) is 0 Å².